The van der Waals surface area contributed by atoms with E-state index in [0.29, 0.717) is 0 Å². The van der Waals surface area contributed by atoms with Crippen LogP contribution in [0.5, 0.6) is 0 Å². The minimum absolute atomic E-state index is 0.0892. The molecule has 0 saturated carbocycles. The predicted molar refractivity (Wildman–Crippen MR) is 74.3 cm³/mol. The lowest BCUT2D eigenvalue weighted by Gasteiger charge is -2.29. The molecular formula is C14H18BrNO2. The highest BCUT2D eigenvalue weighted by Gasteiger charge is 2.34. The second-order valence-corrected chi connectivity index (χ2v) is 5.56. The molecule has 0 N–H and O–H groups in total. The van der Waals surface area contributed by atoms with Crippen molar-refractivity contribution in [3.63, 3.8) is 0 Å². The fraction of sp³-hybridized carbons (Fsp3) is 0.500. The molecule has 0 amide bonds. The number of halogens is 1. The summed E-state index contributed by atoms with van der Waals surface area (Å²) in [4.78, 5) is 14.0. The van der Waals surface area contributed by atoms with Gasteiger partial charge in [-0.1, -0.05) is 28.1 Å². The van der Waals surface area contributed by atoms with Gasteiger partial charge in [-0.2, -0.15) is 0 Å². The number of rotatable bonds is 3. The Balaban J connectivity index is 2.14. The van der Waals surface area contributed by atoms with Gasteiger partial charge in [0.25, 0.3) is 0 Å². The Hall–Kier alpha value is -0.870. The molecule has 0 aromatic heterocycles. The van der Waals surface area contributed by atoms with E-state index >= 15 is 0 Å². The van der Waals surface area contributed by atoms with Crippen molar-refractivity contribution in [2.45, 2.75) is 31.8 Å². The van der Waals surface area contributed by atoms with Gasteiger partial charge in [-0.25, -0.2) is 0 Å². The van der Waals surface area contributed by atoms with Gasteiger partial charge in [-0.3, -0.25) is 9.69 Å². The SMILES string of the molecule is COC(=O)[C@H]1CCCN1[C@@H](C)c1ccc(Br)cc1. The van der Waals surface area contributed by atoms with Gasteiger partial charge in [-0.15, -0.1) is 0 Å². The maximum Gasteiger partial charge on any atom is 0.323 e. The molecule has 2 rings (SSSR count). The minimum atomic E-state index is -0.114. The first kappa shape index (κ1) is 13.6. The highest BCUT2D eigenvalue weighted by molar-refractivity contribution is 9.10. The topological polar surface area (TPSA) is 29.5 Å². The summed E-state index contributed by atoms with van der Waals surface area (Å²) in [5, 5.41) is 0. The van der Waals surface area contributed by atoms with E-state index in [0.717, 1.165) is 23.9 Å². The largest absolute Gasteiger partial charge is 0.468 e. The molecule has 0 aliphatic carbocycles. The van der Waals surface area contributed by atoms with Gasteiger partial charge in [0, 0.05) is 10.5 Å². The maximum absolute atomic E-state index is 11.7. The molecule has 0 radical (unpaired) electrons. The predicted octanol–water partition coefficient (Wildman–Crippen LogP) is 3.15. The van der Waals surface area contributed by atoms with Crippen LogP contribution in [0.2, 0.25) is 0 Å². The molecule has 1 fully saturated rings. The van der Waals surface area contributed by atoms with Gasteiger partial charge < -0.3 is 4.74 Å². The van der Waals surface area contributed by atoms with Gasteiger partial charge in [0.15, 0.2) is 0 Å². The molecule has 4 heteroatoms. The fourth-order valence-corrected chi connectivity index (χ4v) is 2.84. The van der Waals surface area contributed by atoms with Crippen molar-refractivity contribution in [3.05, 3.63) is 34.3 Å². The average molecular weight is 312 g/mol. The first-order valence-corrected chi connectivity index (χ1v) is 7.02. The highest BCUT2D eigenvalue weighted by Crippen LogP contribution is 2.30. The summed E-state index contributed by atoms with van der Waals surface area (Å²) in [6, 6.07) is 8.42. The van der Waals surface area contributed by atoms with Crippen LogP contribution in [0.15, 0.2) is 28.7 Å². The van der Waals surface area contributed by atoms with Crippen molar-refractivity contribution in [3.8, 4) is 0 Å². The highest BCUT2D eigenvalue weighted by atomic mass is 79.9. The van der Waals surface area contributed by atoms with E-state index in [1.807, 2.05) is 12.1 Å². The van der Waals surface area contributed by atoms with Gasteiger partial charge in [0.05, 0.1) is 7.11 Å². The number of ether oxygens (including phenoxy) is 1. The summed E-state index contributed by atoms with van der Waals surface area (Å²) < 4.78 is 5.95. The summed E-state index contributed by atoms with van der Waals surface area (Å²) in [6.45, 7) is 3.10. The minimum Gasteiger partial charge on any atom is -0.468 e. The number of benzene rings is 1. The first-order valence-electron chi connectivity index (χ1n) is 6.22. The standard InChI is InChI=1S/C14H18BrNO2/c1-10(11-5-7-12(15)8-6-11)16-9-3-4-13(16)14(17)18-2/h5-8,10,13H,3-4,9H2,1-2H3/t10-,13+/m0/s1. The van der Waals surface area contributed by atoms with Gasteiger partial charge in [0.2, 0.25) is 0 Å². The van der Waals surface area contributed by atoms with Crippen molar-refractivity contribution >= 4 is 21.9 Å². The lowest BCUT2D eigenvalue weighted by atomic mass is 10.1. The van der Waals surface area contributed by atoms with Crippen LogP contribution in [0, 0.1) is 0 Å². The van der Waals surface area contributed by atoms with E-state index in [1.165, 1.54) is 12.7 Å². The Morgan fingerprint density at radius 1 is 1.44 bits per heavy atom. The third kappa shape index (κ3) is 2.75. The molecule has 0 spiro atoms. The molecule has 1 aliphatic rings. The van der Waals surface area contributed by atoms with Gasteiger partial charge in [0.1, 0.15) is 6.04 Å². The number of likely N-dealkylation sites (tertiary alicyclic amines) is 1. The summed E-state index contributed by atoms with van der Waals surface area (Å²) in [5.41, 5.74) is 1.23. The summed E-state index contributed by atoms with van der Waals surface area (Å²) in [6.07, 6.45) is 1.95. The normalized spacial score (nSPS) is 21.8. The molecule has 18 heavy (non-hydrogen) atoms. The van der Waals surface area contributed by atoms with Crippen LogP contribution in [-0.4, -0.2) is 30.6 Å². The zero-order valence-electron chi connectivity index (χ0n) is 10.7. The molecule has 1 aromatic carbocycles. The Kier molecular flexibility index (Phi) is 4.40. The molecule has 1 aromatic rings. The van der Waals surface area contributed by atoms with E-state index in [9.17, 15) is 4.79 Å². The number of esters is 1. The summed E-state index contributed by atoms with van der Waals surface area (Å²) in [5.74, 6) is -0.114. The Bertz CT molecular complexity index is 418. The Labute approximate surface area is 116 Å². The lowest BCUT2D eigenvalue weighted by molar-refractivity contribution is -0.146. The molecule has 98 valence electrons. The maximum atomic E-state index is 11.7. The van der Waals surface area contributed by atoms with Crippen LogP contribution in [0.25, 0.3) is 0 Å². The van der Waals surface area contributed by atoms with E-state index in [1.54, 1.807) is 0 Å². The van der Waals surface area contributed by atoms with E-state index in [-0.39, 0.29) is 18.1 Å². The van der Waals surface area contributed by atoms with Crippen LogP contribution in [-0.2, 0) is 9.53 Å². The van der Waals surface area contributed by atoms with Gasteiger partial charge >= 0.3 is 5.97 Å². The quantitative estimate of drug-likeness (QED) is 0.803. The van der Waals surface area contributed by atoms with E-state index < -0.39 is 0 Å². The molecule has 1 heterocycles. The molecule has 1 aliphatic heterocycles. The summed E-state index contributed by atoms with van der Waals surface area (Å²) >= 11 is 3.44. The molecule has 1 saturated heterocycles. The second kappa shape index (κ2) is 5.85. The average Bonchev–Trinajstić information content (AvgIpc) is 2.87. The monoisotopic (exact) mass is 311 g/mol. The summed E-state index contributed by atoms with van der Waals surface area (Å²) in [7, 11) is 1.46. The smallest absolute Gasteiger partial charge is 0.323 e. The fourth-order valence-electron chi connectivity index (χ4n) is 2.57. The van der Waals surface area contributed by atoms with Crippen LogP contribution < -0.4 is 0 Å². The second-order valence-electron chi connectivity index (χ2n) is 4.65. The molecule has 0 bridgehead atoms. The first-order chi connectivity index (χ1) is 8.63. The number of methoxy groups -OCH3 is 1. The van der Waals surface area contributed by atoms with Crippen molar-refractivity contribution < 1.29 is 9.53 Å². The van der Waals surface area contributed by atoms with Crippen molar-refractivity contribution in [1.82, 2.24) is 4.90 Å². The third-order valence-corrected chi connectivity index (χ3v) is 4.15. The Morgan fingerprint density at radius 3 is 2.72 bits per heavy atom. The van der Waals surface area contributed by atoms with Crippen LogP contribution in [0.3, 0.4) is 0 Å². The number of carbonyl (C=O) groups is 1. The zero-order chi connectivity index (χ0) is 13.1. The van der Waals surface area contributed by atoms with Crippen LogP contribution in [0.4, 0.5) is 0 Å². The third-order valence-electron chi connectivity index (χ3n) is 3.62. The number of nitrogens with zero attached hydrogens (tertiary/aromatic N) is 1. The zero-order valence-corrected chi connectivity index (χ0v) is 12.3. The molecular weight excluding hydrogens is 294 g/mol. The number of hydrogen-bond acceptors (Lipinski definition) is 3. The number of hydrogen-bond donors (Lipinski definition) is 0. The molecule has 2 atom stereocenters. The lowest BCUT2D eigenvalue weighted by Crippen LogP contribution is -2.38. The van der Waals surface area contributed by atoms with E-state index in [2.05, 4.69) is 39.9 Å². The molecule has 3 nitrogen and oxygen atoms in total. The van der Waals surface area contributed by atoms with Crippen LogP contribution >= 0.6 is 15.9 Å². The van der Waals surface area contributed by atoms with E-state index in [4.69, 9.17) is 4.74 Å². The Morgan fingerprint density at radius 2 is 2.11 bits per heavy atom. The van der Waals surface area contributed by atoms with Crippen molar-refractivity contribution in [2.75, 3.05) is 13.7 Å². The van der Waals surface area contributed by atoms with Crippen molar-refractivity contribution in [1.29, 1.82) is 0 Å². The van der Waals surface area contributed by atoms with Gasteiger partial charge in [-0.05, 0) is 44.0 Å². The molecule has 0 unspecified atom stereocenters. The number of carbonyl (C=O) groups excluding carboxylic acids is 1. The van der Waals surface area contributed by atoms with Crippen LogP contribution in [0.1, 0.15) is 31.4 Å². The van der Waals surface area contributed by atoms with Crippen molar-refractivity contribution in [2.24, 2.45) is 0 Å².